The third kappa shape index (κ3) is 6.84. The zero-order valence-corrected chi connectivity index (χ0v) is 22.9. The molecule has 1 aliphatic rings. The van der Waals surface area contributed by atoms with E-state index in [2.05, 4.69) is 17.4 Å². The van der Waals surface area contributed by atoms with E-state index in [9.17, 15) is 28.5 Å². The van der Waals surface area contributed by atoms with Crippen molar-refractivity contribution < 1.29 is 28.5 Å². The predicted octanol–water partition coefficient (Wildman–Crippen LogP) is 3.00. The Morgan fingerprint density at radius 1 is 1.00 bits per heavy atom. The highest BCUT2D eigenvalue weighted by atomic mass is 32.2. The Bertz CT molecular complexity index is 1390. The number of aromatic hydroxyl groups is 1. The number of piperidine rings is 1. The van der Waals surface area contributed by atoms with E-state index >= 15 is 0 Å². The predicted molar refractivity (Wildman–Crippen MR) is 149 cm³/mol. The molecule has 3 aromatic carbocycles. The lowest BCUT2D eigenvalue weighted by Crippen LogP contribution is -2.41. The number of phenolic OH excluding ortho intramolecular Hbond substituents is 1. The maximum Gasteiger partial charge on any atom is 0.243 e. The lowest BCUT2D eigenvalue weighted by Gasteiger charge is -2.27. The molecule has 9 nitrogen and oxygen atoms in total. The minimum atomic E-state index is -3.92. The average Bonchev–Trinajstić information content (AvgIpc) is 2.92. The van der Waals surface area contributed by atoms with Crippen molar-refractivity contribution in [3.63, 3.8) is 0 Å². The number of carbonyl (C=O) groups is 1. The fourth-order valence-corrected chi connectivity index (χ4v) is 5.85. The molecule has 0 bridgehead atoms. The molecule has 0 spiro atoms. The Hall–Kier alpha value is -3.28. The quantitative estimate of drug-likeness (QED) is 0.300. The van der Waals surface area contributed by atoms with E-state index in [4.69, 9.17) is 0 Å². The van der Waals surface area contributed by atoms with Crippen LogP contribution in [0.25, 0.3) is 0 Å². The normalized spacial score (nSPS) is 14.6. The number of benzene rings is 3. The summed E-state index contributed by atoms with van der Waals surface area (Å²) in [5.74, 6) is -0.414. The van der Waals surface area contributed by atoms with Crippen molar-refractivity contribution in [2.75, 3.05) is 31.6 Å². The van der Waals surface area contributed by atoms with Gasteiger partial charge in [0.15, 0.2) is 6.29 Å². The maximum absolute atomic E-state index is 13.6. The summed E-state index contributed by atoms with van der Waals surface area (Å²) >= 11 is 0. The summed E-state index contributed by atoms with van der Waals surface area (Å²) in [4.78, 5) is 15.0. The fourth-order valence-electron chi connectivity index (χ4n) is 4.73. The van der Waals surface area contributed by atoms with E-state index in [-0.39, 0.29) is 22.8 Å². The molecule has 0 aliphatic carbocycles. The number of nitrogens with one attached hydrogen (secondary N) is 1. The van der Waals surface area contributed by atoms with Crippen LogP contribution in [0.3, 0.4) is 0 Å². The SMILES string of the molecule is Cc1ccc(S(=O)(=O)N(C)CC(=O)N(Cc2ccc(C3CCNCC3)cc2)c2ccc(C(O)O)c(O)c2)cc1. The van der Waals surface area contributed by atoms with E-state index in [0.717, 1.165) is 41.4 Å². The van der Waals surface area contributed by atoms with Gasteiger partial charge in [0.05, 0.1) is 18.0 Å². The first kappa shape index (κ1) is 28.7. The van der Waals surface area contributed by atoms with Gasteiger partial charge in [0, 0.05) is 24.4 Å². The number of phenols is 1. The number of hydrogen-bond acceptors (Lipinski definition) is 7. The van der Waals surface area contributed by atoms with Crippen LogP contribution in [0.15, 0.2) is 71.6 Å². The van der Waals surface area contributed by atoms with Crippen LogP contribution >= 0.6 is 0 Å². The molecule has 0 aromatic heterocycles. The fraction of sp³-hybridized carbons (Fsp3) is 0.345. The van der Waals surface area contributed by atoms with Gasteiger partial charge in [-0.25, -0.2) is 8.42 Å². The lowest BCUT2D eigenvalue weighted by atomic mass is 9.90. The van der Waals surface area contributed by atoms with Crippen LogP contribution in [0.5, 0.6) is 5.75 Å². The molecule has 0 atom stereocenters. The third-order valence-corrected chi connectivity index (χ3v) is 8.94. The zero-order valence-electron chi connectivity index (χ0n) is 22.1. The van der Waals surface area contributed by atoms with Gasteiger partial charge < -0.3 is 25.5 Å². The zero-order chi connectivity index (χ0) is 28.2. The first-order chi connectivity index (χ1) is 18.6. The van der Waals surface area contributed by atoms with Gasteiger partial charge in [-0.1, -0.05) is 42.0 Å². The van der Waals surface area contributed by atoms with Crippen molar-refractivity contribution in [3.8, 4) is 5.75 Å². The van der Waals surface area contributed by atoms with Crippen molar-refractivity contribution in [3.05, 3.63) is 89.0 Å². The number of sulfonamides is 1. The molecule has 1 amide bonds. The van der Waals surface area contributed by atoms with E-state index in [1.165, 1.54) is 47.8 Å². The molecule has 1 fully saturated rings. The molecule has 10 heteroatoms. The van der Waals surface area contributed by atoms with Crippen LogP contribution in [-0.2, 0) is 21.4 Å². The molecule has 0 radical (unpaired) electrons. The molecule has 1 aliphatic heterocycles. The van der Waals surface area contributed by atoms with Crippen LogP contribution in [-0.4, -0.2) is 60.6 Å². The van der Waals surface area contributed by atoms with Gasteiger partial charge in [-0.05, 0) is 74.2 Å². The Balaban J connectivity index is 1.59. The van der Waals surface area contributed by atoms with E-state index < -0.39 is 28.8 Å². The number of aliphatic hydroxyl groups is 2. The van der Waals surface area contributed by atoms with Gasteiger partial charge in [0.2, 0.25) is 15.9 Å². The van der Waals surface area contributed by atoms with Crippen molar-refractivity contribution in [2.24, 2.45) is 0 Å². The Morgan fingerprint density at radius 2 is 1.64 bits per heavy atom. The van der Waals surface area contributed by atoms with Crippen LogP contribution < -0.4 is 10.2 Å². The van der Waals surface area contributed by atoms with Gasteiger partial charge in [0.25, 0.3) is 0 Å². The molecule has 4 rings (SSSR count). The average molecular weight is 554 g/mol. The second-order valence-electron chi connectivity index (χ2n) is 9.94. The molecular weight excluding hydrogens is 518 g/mol. The molecule has 208 valence electrons. The molecule has 39 heavy (non-hydrogen) atoms. The van der Waals surface area contributed by atoms with Crippen molar-refractivity contribution in [1.29, 1.82) is 0 Å². The van der Waals surface area contributed by atoms with Crippen molar-refractivity contribution in [1.82, 2.24) is 9.62 Å². The van der Waals surface area contributed by atoms with E-state index in [0.29, 0.717) is 11.6 Å². The second kappa shape index (κ2) is 12.3. The highest BCUT2D eigenvalue weighted by Gasteiger charge is 2.27. The highest BCUT2D eigenvalue weighted by Crippen LogP contribution is 2.30. The van der Waals surface area contributed by atoms with Crippen molar-refractivity contribution >= 4 is 21.6 Å². The molecule has 0 saturated carbocycles. The molecule has 4 N–H and O–H groups in total. The monoisotopic (exact) mass is 553 g/mol. The van der Waals surface area contributed by atoms with Crippen molar-refractivity contribution in [2.45, 2.75) is 43.4 Å². The number of likely N-dealkylation sites (N-methyl/N-ethyl adjacent to an activating group) is 1. The first-order valence-corrected chi connectivity index (χ1v) is 14.3. The highest BCUT2D eigenvalue weighted by molar-refractivity contribution is 7.89. The smallest absolute Gasteiger partial charge is 0.243 e. The number of rotatable bonds is 9. The van der Waals surface area contributed by atoms with Crippen LogP contribution in [0.2, 0.25) is 0 Å². The van der Waals surface area contributed by atoms with E-state index in [1.54, 1.807) is 12.1 Å². The summed E-state index contributed by atoms with van der Waals surface area (Å²) in [6.07, 6.45) is 0.249. The van der Waals surface area contributed by atoms with Gasteiger partial charge >= 0.3 is 0 Å². The van der Waals surface area contributed by atoms with Crippen LogP contribution in [0.1, 0.15) is 47.3 Å². The topological polar surface area (TPSA) is 130 Å². The minimum Gasteiger partial charge on any atom is -0.507 e. The number of aryl methyl sites for hydroxylation is 1. The molecule has 3 aromatic rings. The number of anilines is 1. The number of nitrogens with zero attached hydrogens (tertiary/aromatic N) is 2. The molecule has 1 saturated heterocycles. The summed E-state index contributed by atoms with van der Waals surface area (Å²) in [5.41, 5.74) is 3.18. The van der Waals surface area contributed by atoms with Crippen LogP contribution in [0, 0.1) is 6.92 Å². The maximum atomic E-state index is 13.6. The second-order valence-corrected chi connectivity index (χ2v) is 12.0. The summed E-state index contributed by atoms with van der Waals surface area (Å²) in [6.45, 7) is 3.51. The lowest BCUT2D eigenvalue weighted by molar-refractivity contribution is -0.118. The van der Waals surface area contributed by atoms with Gasteiger partial charge in [-0.15, -0.1) is 0 Å². The van der Waals surface area contributed by atoms with E-state index in [1.807, 2.05) is 19.1 Å². The summed E-state index contributed by atoms with van der Waals surface area (Å²) < 4.78 is 27.2. The molecular formula is C29H35N3O6S. The van der Waals surface area contributed by atoms with Gasteiger partial charge in [-0.3, -0.25) is 4.79 Å². The third-order valence-electron chi connectivity index (χ3n) is 7.12. The Kier molecular flexibility index (Phi) is 9.04. The number of hydrogen-bond donors (Lipinski definition) is 4. The standard InChI is InChI=1S/C29H35N3O6S/c1-20-3-10-25(11-4-20)39(37,38)31(2)19-28(34)32(24-9-12-26(29(35)36)27(33)17-24)18-21-5-7-22(8-6-21)23-13-15-30-16-14-23/h3-12,17,23,29-30,33,35-36H,13-16,18-19H2,1-2H3. The number of carbonyl (C=O) groups excluding carboxylic acids is 1. The molecule has 0 unspecified atom stereocenters. The molecule has 1 heterocycles. The first-order valence-electron chi connectivity index (χ1n) is 12.9. The summed E-state index contributed by atoms with van der Waals surface area (Å²) in [7, 11) is -2.57. The summed E-state index contributed by atoms with van der Waals surface area (Å²) in [6, 6.07) is 18.5. The van der Waals surface area contributed by atoms with Gasteiger partial charge in [-0.2, -0.15) is 4.31 Å². The summed E-state index contributed by atoms with van der Waals surface area (Å²) in [5, 5.41) is 32.7. The largest absolute Gasteiger partial charge is 0.507 e. The number of amides is 1. The van der Waals surface area contributed by atoms with Crippen LogP contribution in [0.4, 0.5) is 5.69 Å². The number of aliphatic hydroxyl groups excluding tert-OH is 1. The Labute approximate surface area is 229 Å². The minimum absolute atomic E-state index is 0.0855. The Morgan fingerprint density at radius 3 is 2.23 bits per heavy atom. The van der Waals surface area contributed by atoms with Gasteiger partial charge in [0.1, 0.15) is 5.75 Å².